The quantitative estimate of drug-likeness (QED) is 0.0949. The van der Waals surface area contributed by atoms with Gasteiger partial charge < -0.3 is 73.9 Å². The Hall–Kier alpha value is -2.82. The minimum Gasteiger partial charge on any atom is -0.424 e. The van der Waals surface area contributed by atoms with E-state index in [9.17, 15) is 0 Å². The Morgan fingerprint density at radius 1 is 0.444 bits per heavy atom. The predicted molar refractivity (Wildman–Crippen MR) is 51.3 cm³/mol. The average molecular weight is 471 g/mol. The molecule has 0 saturated carbocycles. The Morgan fingerprint density at radius 2 is 0.481 bits per heavy atom. The van der Waals surface area contributed by atoms with Crippen molar-refractivity contribution >= 4 is 48.1 Å². The maximum absolute atomic E-state index is 8.78. The van der Waals surface area contributed by atoms with Crippen molar-refractivity contribution in [2.75, 3.05) is 0 Å². The maximum atomic E-state index is 8.78. The van der Waals surface area contributed by atoms with Gasteiger partial charge >= 0.3 is 33.9 Å². The first kappa shape index (κ1) is 44.0. The van der Waals surface area contributed by atoms with Crippen molar-refractivity contribution in [2.45, 2.75) is 0 Å². The van der Waals surface area contributed by atoms with Crippen LogP contribution in [0.4, 0.5) is 24.0 Å². The summed E-state index contributed by atoms with van der Waals surface area (Å²) >= 11 is 0. The molecule has 27 heavy (non-hydrogen) atoms. The fourth-order valence-corrected chi connectivity index (χ4v) is 0. The second kappa shape index (κ2) is 38.6. The van der Waals surface area contributed by atoms with Crippen molar-refractivity contribution in [2.24, 2.45) is 0 Å². The van der Waals surface area contributed by atoms with E-state index >= 15 is 0 Å². The molecule has 0 aliphatic rings. The van der Waals surface area contributed by atoms with Crippen LogP contribution in [-0.2, 0) is 40.9 Å². The Morgan fingerprint density at radius 3 is 0.481 bits per heavy atom. The fraction of sp³-hybridized carbons (Fsp3) is 0. The van der Waals surface area contributed by atoms with E-state index in [1.54, 1.807) is 0 Å². The van der Waals surface area contributed by atoms with E-state index in [1.807, 2.05) is 0 Å². The van der Waals surface area contributed by atoms with Crippen LogP contribution in [0.3, 0.4) is 0 Å². The molecule has 0 rings (SSSR count). The van der Waals surface area contributed by atoms with Crippen LogP contribution >= 0.6 is 0 Å². The molecule has 22 heteroatoms. The summed E-state index contributed by atoms with van der Waals surface area (Å²) in [6.07, 6.45) is -9.70. The smallest absolute Gasteiger partial charge is 0.424 e. The van der Waals surface area contributed by atoms with Crippen LogP contribution in [0.2, 0.25) is 0 Å². The Balaban J connectivity index is -0.0000000364. The van der Waals surface area contributed by atoms with Gasteiger partial charge in [0.05, 0.1) is 0 Å². The van der Waals surface area contributed by atoms with Crippen molar-refractivity contribution in [3.05, 3.63) is 0 Å². The first-order valence-corrected chi connectivity index (χ1v) is 3.97. The summed E-state index contributed by atoms with van der Waals surface area (Å²) in [7, 11) is 0. The maximum Gasteiger partial charge on any atom is 3.00 e. The topological polar surface area (TPSA) is 348 Å². The third-order valence-corrected chi connectivity index (χ3v) is 0.373. The standard InChI is InChI=1S/5CH2O4.Al.Ni/c5*2-1(3)5-4;;/h5*4H,(H,2,3);;/q;;;;;+3;+2/p-5. The zero-order chi connectivity index (χ0) is 21.4. The summed E-state index contributed by atoms with van der Waals surface area (Å²) in [6, 6.07) is 0. The first-order chi connectivity index (χ1) is 11.4. The zero-order valence-electron chi connectivity index (χ0n) is 11.8. The monoisotopic (exact) mass is 470 g/mol. The second-order valence-electron chi connectivity index (χ2n) is 1.71. The zero-order valence-corrected chi connectivity index (χ0v) is 13.9. The van der Waals surface area contributed by atoms with E-state index < -0.39 is 30.8 Å². The van der Waals surface area contributed by atoms with E-state index in [4.69, 9.17) is 75.8 Å². The molecule has 0 bridgehead atoms. The van der Waals surface area contributed by atoms with Crippen molar-refractivity contribution in [3.63, 3.8) is 0 Å². The van der Waals surface area contributed by atoms with E-state index in [2.05, 4.69) is 24.4 Å². The largest absolute Gasteiger partial charge is 3.00 e. The van der Waals surface area contributed by atoms with E-state index in [-0.39, 0.29) is 33.9 Å². The molecule has 0 fully saturated rings. The molecule has 158 valence electrons. The summed E-state index contributed by atoms with van der Waals surface area (Å²) in [6.45, 7) is 0. The van der Waals surface area contributed by atoms with E-state index in [0.29, 0.717) is 0 Å². The van der Waals surface area contributed by atoms with Gasteiger partial charge in [0.15, 0.2) is 0 Å². The van der Waals surface area contributed by atoms with Gasteiger partial charge in [-0.05, 0) is 0 Å². The molecule has 0 radical (unpaired) electrons. The number of rotatable bonds is 0. The van der Waals surface area contributed by atoms with Crippen LogP contribution in [0.1, 0.15) is 0 Å². The molecular formula is C5H5AlNiO20. The van der Waals surface area contributed by atoms with Crippen LogP contribution in [0.25, 0.3) is 0 Å². The molecule has 0 aromatic heterocycles. The third-order valence-electron chi connectivity index (χ3n) is 0.373. The first-order valence-electron chi connectivity index (χ1n) is 3.97. The summed E-state index contributed by atoms with van der Waals surface area (Å²) in [5.74, 6) is 0. The van der Waals surface area contributed by atoms with Crippen molar-refractivity contribution in [3.8, 4) is 0 Å². The van der Waals surface area contributed by atoms with Gasteiger partial charge in [-0.15, -0.1) is 0 Å². The summed E-state index contributed by atoms with van der Waals surface area (Å²) in [5, 5.41) is 78.8. The summed E-state index contributed by atoms with van der Waals surface area (Å²) in [5.41, 5.74) is 0. The van der Waals surface area contributed by atoms with Gasteiger partial charge in [-0.3, -0.25) is 26.3 Å². The Labute approximate surface area is 165 Å². The molecule has 20 nitrogen and oxygen atoms in total. The molecule has 5 N–H and O–H groups in total. The average Bonchev–Trinajstić information content (AvgIpc) is 2.56. The molecule has 0 unspecified atom stereocenters. The van der Waals surface area contributed by atoms with Crippen LogP contribution in [-0.4, -0.2) is 74.4 Å². The summed E-state index contributed by atoms with van der Waals surface area (Å²) < 4.78 is 0. The van der Waals surface area contributed by atoms with Crippen molar-refractivity contribution in [1.82, 2.24) is 0 Å². The van der Waals surface area contributed by atoms with Crippen molar-refractivity contribution < 1.29 is 117 Å². The minimum absolute atomic E-state index is 0. The number of carbonyl (C=O) groups excluding carboxylic acids is 5. The number of carbonyl (C=O) groups is 5. The van der Waals surface area contributed by atoms with Gasteiger partial charge in [-0.2, -0.15) is 0 Å². The molecule has 0 saturated heterocycles. The van der Waals surface area contributed by atoms with Crippen LogP contribution < -0.4 is 25.5 Å². The molecule has 0 amide bonds. The van der Waals surface area contributed by atoms with Gasteiger partial charge in [0.2, 0.25) is 0 Å². The number of hydrogen-bond acceptors (Lipinski definition) is 20. The van der Waals surface area contributed by atoms with Crippen LogP contribution in [0.5, 0.6) is 0 Å². The van der Waals surface area contributed by atoms with Gasteiger partial charge in [0, 0.05) is 0 Å². The van der Waals surface area contributed by atoms with Gasteiger partial charge in [0.1, 0.15) is 0 Å². The number of carboxylic acid groups (broad SMARTS) is 5. The fourth-order valence-electron chi connectivity index (χ4n) is 0. The molecule has 0 atom stereocenters. The predicted octanol–water partition coefficient (Wildman–Crippen LogP) is -6.29. The molecule has 0 aliphatic heterocycles. The summed E-state index contributed by atoms with van der Waals surface area (Å²) in [4.78, 5) is 56.7. The van der Waals surface area contributed by atoms with Crippen LogP contribution in [0.15, 0.2) is 0 Å². The SMILES string of the molecule is O=C([O-])OO.O=C([O-])OO.O=C([O-])OO.O=C([O-])OO.O=C([O-])OO.[Al+3].[Ni+2]. The Bertz CT molecular complexity index is 288. The third kappa shape index (κ3) is 202. The minimum atomic E-state index is -1.94. The molecule has 0 spiro atoms. The molecule has 0 aliphatic carbocycles. The van der Waals surface area contributed by atoms with Gasteiger partial charge in [-0.25, -0.2) is 0 Å². The molecule has 0 heterocycles. The number of hydrogen-bond donors (Lipinski definition) is 5. The van der Waals surface area contributed by atoms with Crippen LogP contribution in [0, 0.1) is 0 Å². The van der Waals surface area contributed by atoms with Gasteiger partial charge in [-0.1, -0.05) is 0 Å². The molecule has 0 aromatic rings. The normalized spacial score (nSPS) is 6.11. The van der Waals surface area contributed by atoms with E-state index in [0.717, 1.165) is 0 Å². The molecule has 0 aromatic carbocycles. The second-order valence-corrected chi connectivity index (χ2v) is 1.71. The Kier molecular flexibility index (Phi) is 63.0. The molecular weight excluding hydrogens is 466 g/mol. The van der Waals surface area contributed by atoms with Crippen molar-refractivity contribution in [1.29, 1.82) is 0 Å². The van der Waals surface area contributed by atoms with Gasteiger partial charge in [0.25, 0.3) is 30.8 Å². The van der Waals surface area contributed by atoms with E-state index in [1.165, 1.54) is 0 Å².